The Bertz CT molecular complexity index is 1640. The summed E-state index contributed by atoms with van der Waals surface area (Å²) in [4.78, 5) is 23.1. The van der Waals surface area contributed by atoms with Gasteiger partial charge in [0, 0.05) is 57.7 Å². The van der Waals surface area contributed by atoms with E-state index in [1.54, 1.807) is 13.0 Å². The van der Waals surface area contributed by atoms with Crippen LogP contribution >= 0.6 is 0 Å². The standard InChI is InChI=1S/C33H39F4N5O3S/c1-23(2)22-40-14-16-41(17-15-40)31-20-25(19-30(39-31)26-6-8-27(9-7-26)33(35,36)37)21-38-32(43)42(18-4-5-24(42)3)46(44,45)29-12-10-28(34)11-13-29/h6-13,19-20,23-24H,4-5,14-18,21-22H2,1-3H3/p+1/t24-,42?/m1/s1. The van der Waals surface area contributed by atoms with E-state index in [0.717, 1.165) is 43.9 Å². The second-order valence-electron chi connectivity index (χ2n) is 12.6. The molecule has 1 N–H and O–H groups in total. The molecule has 248 valence electrons. The molecule has 0 bridgehead atoms. The van der Waals surface area contributed by atoms with Gasteiger partial charge in [0.05, 0.1) is 11.3 Å². The zero-order chi connectivity index (χ0) is 33.3. The highest BCUT2D eigenvalue weighted by molar-refractivity contribution is 7.86. The van der Waals surface area contributed by atoms with Crippen molar-refractivity contribution in [2.45, 2.75) is 57.3 Å². The minimum atomic E-state index is -4.47. The number of pyridine rings is 1. The maximum absolute atomic E-state index is 13.9. The number of aromatic nitrogens is 1. The van der Waals surface area contributed by atoms with Crippen molar-refractivity contribution in [1.29, 1.82) is 0 Å². The number of nitrogens with zero attached hydrogens (tertiary/aromatic N) is 4. The number of carbonyl (C=O) groups is 1. The highest BCUT2D eigenvalue weighted by atomic mass is 32.2. The molecule has 0 aliphatic carbocycles. The number of sulfonamides is 1. The van der Waals surface area contributed by atoms with Crippen LogP contribution < -0.4 is 10.2 Å². The largest absolute Gasteiger partial charge is 0.432 e. The number of alkyl halides is 3. The Morgan fingerprint density at radius 1 is 1.02 bits per heavy atom. The Kier molecular flexibility index (Phi) is 9.76. The summed E-state index contributed by atoms with van der Waals surface area (Å²) in [6, 6.07) is 11.6. The SMILES string of the molecule is CC(C)CN1CCN(c2cc(CNC(=O)[N+]3(S(=O)(=O)c4ccc(F)cc4)CCC[C@H]3C)cc(-c3ccc(C(F)(F)F)cc3)n2)CC1. The number of piperazine rings is 1. The first kappa shape index (κ1) is 33.8. The molecule has 2 aromatic carbocycles. The van der Waals surface area contributed by atoms with Gasteiger partial charge in [-0.15, -0.1) is 3.89 Å². The number of carbonyl (C=O) groups excluding carboxylic acids is 1. The van der Waals surface area contributed by atoms with E-state index < -0.39 is 43.5 Å². The van der Waals surface area contributed by atoms with E-state index in [1.807, 2.05) is 6.07 Å². The molecule has 0 saturated carbocycles. The summed E-state index contributed by atoms with van der Waals surface area (Å²) in [6.45, 7) is 10.1. The minimum absolute atomic E-state index is 0.0268. The number of benzene rings is 2. The van der Waals surface area contributed by atoms with Gasteiger partial charge in [0.15, 0.2) is 0 Å². The monoisotopic (exact) mass is 662 g/mol. The number of halogens is 4. The Labute approximate surface area is 267 Å². The number of likely N-dealkylation sites (tertiary alicyclic amines) is 1. The Morgan fingerprint density at radius 3 is 2.24 bits per heavy atom. The van der Waals surface area contributed by atoms with Crippen molar-refractivity contribution in [3.05, 3.63) is 77.6 Å². The molecule has 2 aliphatic rings. The van der Waals surface area contributed by atoms with Crippen molar-refractivity contribution < 1.29 is 34.7 Å². The highest BCUT2D eigenvalue weighted by Gasteiger charge is 2.56. The van der Waals surface area contributed by atoms with Crippen molar-refractivity contribution in [2.24, 2.45) is 5.92 Å². The van der Waals surface area contributed by atoms with E-state index >= 15 is 0 Å². The quantitative estimate of drug-likeness (QED) is 0.226. The molecule has 1 aromatic heterocycles. The van der Waals surface area contributed by atoms with E-state index in [0.29, 0.717) is 54.5 Å². The van der Waals surface area contributed by atoms with Crippen molar-refractivity contribution >= 4 is 21.9 Å². The van der Waals surface area contributed by atoms with Crippen LogP contribution in [0, 0.1) is 11.7 Å². The van der Waals surface area contributed by atoms with E-state index in [1.165, 1.54) is 24.3 Å². The lowest BCUT2D eigenvalue weighted by Gasteiger charge is -2.36. The molecule has 0 spiro atoms. The van der Waals surface area contributed by atoms with Gasteiger partial charge in [0.25, 0.3) is 0 Å². The average Bonchev–Trinajstić information content (AvgIpc) is 3.42. The van der Waals surface area contributed by atoms with E-state index in [-0.39, 0.29) is 18.0 Å². The second-order valence-corrected chi connectivity index (χ2v) is 14.6. The van der Waals surface area contributed by atoms with Gasteiger partial charge >= 0.3 is 22.2 Å². The van der Waals surface area contributed by atoms with Gasteiger partial charge in [-0.3, -0.25) is 4.90 Å². The van der Waals surface area contributed by atoms with Gasteiger partial charge < -0.3 is 10.2 Å². The fourth-order valence-corrected chi connectivity index (χ4v) is 8.50. The van der Waals surface area contributed by atoms with Crippen LogP contribution in [0.25, 0.3) is 11.3 Å². The summed E-state index contributed by atoms with van der Waals surface area (Å²) in [5, 5.41) is 2.84. The van der Waals surface area contributed by atoms with Crippen LogP contribution in [-0.4, -0.2) is 73.5 Å². The molecule has 2 atom stereocenters. The number of amides is 2. The lowest BCUT2D eigenvalue weighted by molar-refractivity contribution is -0.733. The van der Waals surface area contributed by atoms with Crippen LogP contribution in [0.15, 0.2) is 65.6 Å². The van der Waals surface area contributed by atoms with Crippen LogP contribution in [0.5, 0.6) is 0 Å². The first-order chi connectivity index (χ1) is 21.7. The van der Waals surface area contributed by atoms with Gasteiger partial charge in [0.2, 0.25) is 0 Å². The fraction of sp³-hybridized carbons (Fsp3) is 0.455. The number of nitrogens with one attached hydrogen (secondary N) is 1. The van der Waals surface area contributed by atoms with Crippen LogP contribution in [0.1, 0.15) is 44.7 Å². The average molecular weight is 663 g/mol. The molecule has 13 heteroatoms. The van der Waals surface area contributed by atoms with Crippen molar-refractivity contribution in [3.8, 4) is 11.3 Å². The zero-order valence-corrected chi connectivity index (χ0v) is 27.0. The number of urea groups is 1. The molecule has 2 amide bonds. The third kappa shape index (κ3) is 6.91. The first-order valence-electron chi connectivity index (χ1n) is 15.5. The molecule has 0 radical (unpaired) electrons. The van der Waals surface area contributed by atoms with Crippen molar-refractivity contribution in [1.82, 2.24) is 15.2 Å². The zero-order valence-electron chi connectivity index (χ0n) is 26.2. The van der Waals surface area contributed by atoms with E-state index in [9.17, 15) is 30.8 Å². The molecule has 2 saturated heterocycles. The number of quaternary nitrogens is 1. The van der Waals surface area contributed by atoms with Gasteiger partial charge in [0.1, 0.15) is 29.1 Å². The molecule has 2 aliphatic heterocycles. The molecule has 3 heterocycles. The third-order valence-corrected chi connectivity index (χ3v) is 11.3. The van der Waals surface area contributed by atoms with E-state index in [4.69, 9.17) is 4.98 Å². The maximum atomic E-state index is 13.9. The van der Waals surface area contributed by atoms with E-state index in [2.05, 4.69) is 29.0 Å². The summed E-state index contributed by atoms with van der Waals surface area (Å²) in [7, 11) is -4.23. The Morgan fingerprint density at radius 2 is 1.67 bits per heavy atom. The summed E-state index contributed by atoms with van der Waals surface area (Å²) >= 11 is 0. The molecule has 1 unspecified atom stereocenters. The van der Waals surface area contributed by atoms with Crippen LogP contribution in [0.4, 0.5) is 28.2 Å². The smallest absolute Gasteiger partial charge is 0.354 e. The maximum Gasteiger partial charge on any atom is 0.432 e. The van der Waals surface area contributed by atoms with Crippen LogP contribution in [-0.2, 0) is 22.7 Å². The van der Waals surface area contributed by atoms with Crippen LogP contribution in [0.2, 0.25) is 0 Å². The van der Waals surface area contributed by atoms with Crippen molar-refractivity contribution in [2.75, 3.05) is 44.2 Å². The van der Waals surface area contributed by atoms with Crippen molar-refractivity contribution in [3.63, 3.8) is 0 Å². The molecule has 46 heavy (non-hydrogen) atoms. The normalized spacial score (nSPS) is 21.1. The van der Waals surface area contributed by atoms with Gasteiger partial charge in [-0.2, -0.15) is 21.6 Å². The molecular weight excluding hydrogens is 622 g/mol. The Hall–Kier alpha value is -3.55. The summed E-state index contributed by atoms with van der Waals surface area (Å²) in [6.07, 6.45) is -3.43. The third-order valence-electron chi connectivity index (χ3n) is 8.85. The highest BCUT2D eigenvalue weighted by Crippen LogP contribution is 2.36. The van der Waals surface area contributed by atoms with Gasteiger partial charge in [-0.05, 0) is 66.9 Å². The molecular formula is C33H40F4N5O3S+. The molecule has 8 nitrogen and oxygen atoms in total. The lowest BCUT2D eigenvalue weighted by Crippen LogP contribution is -2.62. The lowest BCUT2D eigenvalue weighted by atomic mass is 10.1. The summed E-state index contributed by atoms with van der Waals surface area (Å²) < 4.78 is 80.3. The topological polar surface area (TPSA) is 82.6 Å². The predicted octanol–water partition coefficient (Wildman–Crippen LogP) is 6.28. The summed E-state index contributed by atoms with van der Waals surface area (Å²) in [5.74, 6) is 0.574. The van der Waals surface area contributed by atoms with Gasteiger partial charge in [-0.1, -0.05) is 26.0 Å². The minimum Gasteiger partial charge on any atom is -0.354 e. The number of anilines is 1. The number of hydrogen-bond donors (Lipinski definition) is 1. The number of hydrogen-bond acceptors (Lipinski definition) is 6. The second kappa shape index (κ2) is 13.3. The molecule has 2 fully saturated rings. The Balaban J connectivity index is 1.44. The molecule has 3 aromatic rings. The fourth-order valence-electron chi connectivity index (χ4n) is 6.41. The van der Waals surface area contributed by atoms with Crippen LogP contribution in [0.3, 0.4) is 0 Å². The molecule has 5 rings (SSSR count). The number of rotatable bonds is 8. The summed E-state index contributed by atoms with van der Waals surface area (Å²) in [5.41, 5.74) is 0.785. The predicted molar refractivity (Wildman–Crippen MR) is 168 cm³/mol. The first-order valence-corrected chi connectivity index (χ1v) is 17.0. The van der Waals surface area contributed by atoms with Gasteiger partial charge in [-0.25, -0.2) is 14.2 Å².